The SMILES string of the molecule is CNC(Cc1ccc(Cl)c(F)c1)C(C)OC. The molecule has 0 amide bonds. The van der Waals surface area contributed by atoms with E-state index in [4.69, 9.17) is 16.3 Å². The average Bonchev–Trinajstić information content (AvgIpc) is 2.29. The van der Waals surface area contributed by atoms with Crippen molar-refractivity contribution < 1.29 is 9.13 Å². The van der Waals surface area contributed by atoms with E-state index in [1.165, 1.54) is 6.07 Å². The van der Waals surface area contributed by atoms with Crippen molar-refractivity contribution >= 4 is 11.6 Å². The van der Waals surface area contributed by atoms with Gasteiger partial charge in [0.05, 0.1) is 11.1 Å². The van der Waals surface area contributed by atoms with Crippen LogP contribution >= 0.6 is 11.6 Å². The van der Waals surface area contributed by atoms with Gasteiger partial charge in [-0.2, -0.15) is 0 Å². The lowest BCUT2D eigenvalue weighted by molar-refractivity contribution is 0.0857. The quantitative estimate of drug-likeness (QED) is 0.861. The third-order valence-electron chi connectivity index (χ3n) is 2.75. The van der Waals surface area contributed by atoms with Gasteiger partial charge in [0.2, 0.25) is 0 Å². The van der Waals surface area contributed by atoms with E-state index in [0.29, 0.717) is 6.42 Å². The van der Waals surface area contributed by atoms with Crippen LogP contribution in [0.4, 0.5) is 4.39 Å². The minimum absolute atomic E-state index is 0.0729. The lowest BCUT2D eigenvalue weighted by atomic mass is 10.0. The molecule has 0 radical (unpaired) electrons. The lowest BCUT2D eigenvalue weighted by Gasteiger charge is -2.22. The first-order valence-corrected chi connectivity index (χ1v) is 5.60. The zero-order chi connectivity index (χ0) is 12.1. The predicted octanol–water partition coefficient (Wildman–Crippen LogP) is 2.64. The Morgan fingerprint density at radius 3 is 2.69 bits per heavy atom. The summed E-state index contributed by atoms with van der Waals surface area (Å²) in [5, 5.41) is 3.31. The zero-order valence-corrected chi connectivity index (χ0v) is 10.5. The van der Waals surface area contributed by atoms with Gasteiger partial charge in [-0.3, -0.25) is 0 Å². The monoisotopic (exact) mass is 245 g/mol. The van der Waals surface area contributed by atoms with E-state index in [0.717, 1.165) is 5.56 Å². The van der Waals surface area contributed by atoms with Gasteiger partial charge in [-0.05, 0) is 38.1 Å². The summed E-state index contributed by atoms with van der Waals surface area (Å²) >= 11 is 5.63. The van der Waals surface area contributed by atoms with Crippen LogP contribution in [0.3, 0.4) is 0 Å². The number of likely N-dealkylation sites (N-methyl/N-ethyl adjacent to an activating group) is 1. The Balaban J connectivity index is 2.74. The number of benzene rings is 1. The second kappa shape index (κ2) is 6.18. The Kier molecular flexibility index (Phi) is 5.19. The molecule has 0 aliphatic rings. The second-order valence-electron chi connectivity index (χ2n) is 3.79. The third kappa shape index (κ3) is 3.44. The van der Waals surface area contributed by atoms with E-state index in [9.17, 15) is 4.39 Å². The maximum absolute atomic E-state index is 13.2. The van der Waals surface area contributed by atoms with Crippen molar-refractivity contribution in [2.75, 3.05) is 14.2 Å². The van der Waals surface area contributed by atoms with Gasteiger partial charge in [-0.1, -0.05) is 17.7 Å². The molecule has 0 aromatic heterocycles. The number of nitrogens with one attached hydrogen (secondary N) is 1. The highest BCUT2D eigenvalue weighted by Crippen LogP contribution is 2.17. The van der Waals surface area contributed by atoms with E-state index in [1.807, 2.05) is 20.0 Å². The molecule has 2 unspecified atom stereocenters. The molecule has 0 spiro atoms. The molecule has 0 aliphatic heterocycles. The average molecular weight is 246 g/mol. The smallest absolute Gasteiger partial charge is 0.142 e. The summed E-state index contributed by atoms with van der Waals surface area (Å²) in [5.74, 6) is -0.376. The highest BCUT2D eigenvalue weighted by atomic mass is 35.5. The van der Waals surface area contributed by atoms with Crippen molar-refractivity contribution in [2.24, 2.45) is 0 Å². The topological polar surface area (TPSA) is 21.3 Å². The molecule has 4 heteroatoms. The molecule has 1 rings (SSSR count). The first-order chi connectivity index (χ1) is 7.58. The minimum atomic E-state index is -0.376. The van der Waals surface area contributed by atoms with Crippen LogP contribution in [0.25, 0.3) is 0 Å². The van der Waals surface area contributed by atoms with Crippen molar-refractivity contribution in [1.82, 2.24) is 5.32 Å². The van der Waals surface area contributed by atoms with E-state index in [1.54, 1.807) is 13.2 Å². The van der Waals surface area contributed by atoms with Crippen LogP contribution in [0.2, 0.25) is 5.02 Å². The molecule has 1 aromatic rings. The number of hydrogen-bond donors (Lipinski definition) is 1. The molecule has 0 aliphatic carbocycles. The largest absolute Gasteiger partial charge is 0.380 e. The van der Waals surface area contributed by atoms with Gasteiger partial charge >= 0.3 is 0 Å². The molecule has 1 N–H and O–H groups in total. The van der Waals surface area contributed by atoms with Crippen molar-refractivity contribution in [3.8, 4) is 0 Å². The van der Waals surface area contributed by atoms with Gasteiger partial charge in [0.25, 0.3) is 0 Å². The van der Waals surface area contributed by atoms with Crippen LogP contribution in [0.15, 0.2) is 18.2 Å². The van der Waals surface area contributed by atoms with E-state index < -0.39 is 0 Å². The fraction of sp³-hybridized carbons (Fsp3) is 0.500. The number of hydrogen-bond acceptors (Lipinski definition) is 2. The normalized spacial score (nSPS) is 14.8. The molecule has 0 fully saturated rings. The molecule has 2 nitrogen and oxygen atoms in total. The summed E-state index contributed by atoms with van der Waals surface area (Å²) in [6.45, 7) is 1.98. The van der Waals surface area contributed by atoms with Gasteiger partial charge in [-0.15, -0.1) is 0 Å². The first-order valence-electron chi connectivity index (χ1n) is 5.22. The fourth-order valence-electron chi connectivity index (χ4n) is 1.59. The van der Waals surface area contributed by atoms with Crippen molar-refractivity contribution in [2.45, 2.75) is 25.5 Å². The number of ether oxygens (including phenoxy) is 1. The molecule has 0 saturated carbocycles. The Hall–Kier alpha value is -0.640. The minimum Gasteiger partial charge on any atom is -0.380 e. The Morgan fingerprint density at radius 2 is 2.19 bits per heavy atom. The van der Waals surface area contributed by atoms with Crippen LogP contribution in [-0.4, -0.2) is 26.3 Å². The summed E-state index contributed by atoms with van der Waals surface area (Å²) in [4.78, 5) is 0. The molecule has 0 saturated heterocycles. The highest BCUT2D eigenvalue weighted by molar-refractivity contribution is 6.30. The summed E-state index contributed by atoms with van der Waals surface area (Å²) in [7, 11) is 3.53. The summed E-state index contributed by atoms with van der Waals surface area (Å²) in [6, 6.07) is 5.04. The molecule has 2 atom stereocenters. The van der Waals surface area contributed by atoms with E-state index in [2.05, 4.69) is 5.32 Å². The third-order valence-corrected chi connectivity index (χ3v) is 3.06. The van der Waals surface area contributed by atoms with Crippen LogP contribution in [0.1, 0.15) is 12.5 Å². The standard InChI is InChI=1S/C12H17ClFNO/c1-8(16-3)12(15-2)7-9-4-5-10(13)11(14)6-9/h4-6,8,12,15H,7H2,1-3H3. The Labute approximate surface area is 101 Å². The highest BCUT2D eigenvalue weighted by Gasteiger charge is 2.15. The van der Waals surface area contributed by atoms with Crippen LogP contribution < -0.4 is 5.32 Å². The first kappa shape index (κ1) is 13.4. The van der Waals surface area contributed by atoms with Crippen molar-refractivity contribution in [1.29, 1.82) is 0 Å². The molecular weight excluding hydrogens is 229 g/mol. The predicted molar refractivity (Wildman–Crippen MR) is 64.4 cm³/mol. The Morgan fingerprint density at radius 1 is 1.50 bits per heavy atom. The summed E-state index contributed by atoms with van der Waals surface area (Å²) < 4.78 is 18.5. The van der Waals surface area contributed by atoms with Gasteiger partial charge in [0.1, 0.15) is 5.82 Å². The maximum atomic E-state index is 13.2. The molecule has 0 bridgehead atoms. The van der Waals surface area contributed by atoms with Crippen molar-refractivity contribution in [3.05, 3.63) is 34.6 Å². The van der Waals surface area contributed by atoms with Crippen LogP contribution in [0, 0.1) is 5.82 Å². The lowest BCUT2D eigenvalue weighted by Crippen LogP contribution is -2.38. The zero-order valence-electron chi connectivity index (χ0n) is 9.76. The van der Waals surface area contributed by atoms with Gasteiger partial charge < -0.3 is 10.1 Å². The second-order valence-corrected chi connectivity index (χ2v) is 4.20. The van der Waals surface area contributed by atoms with E-state index in [-0.39, 0.29) is 23.0 Å². The van der Waals surface area contributed by atoms with Crippen LogP contribution in [-0.2, 0) is 11.2 Å². The fourth-order valence-corrected chi connectivity index (χ4v) is 1.71. The van der Waals surface area contributed by atoms with Gasteiger partial charge in [0.15, 0.2) is 0 Å². The number of halogens is 2. The molecular formula is C12H17ClFNO. The van der Waals surface area contributed by atoms with Gasteiger partial charge in [0, 0.05) is 13.2 Å². The Bertz CT molecular complexity index is 346. The molecule has 0 heterocycles. The molecule has 16 heavy (non-hydrogen) atoms. The molecule has 1 aromatic carbocycles. The van der Waals surface area contributed by atoms with Gasteiger partial charge in [-0.25, -0.2) is 4.39 Å². The van der Waals surface area contributed by atoms with Crippen molar-refractivity contribution in [3.63, 3.8) is 0 Å². The summed E-state index contributed by atoms with van der Waals surface area (Å²) in [6.07, 6.45) is 0.781. The number of rotatable bonds is 5. The summed E-state index contributed by atoms with van der Waals surface area (Å²) in [5.41, 5.74) is 0.908. The maximum Gasteiger partial charge on any atom is 0.142 e. The van der Waals surface area contributed by atoms with E-state index >= 15 is 0 Å². The number of methoxy groups -OCH3 is 1. The molecule has 90 valence electrons. The van der Waals surface area contributed by atoms with Crippen LogP contribution in [0.5, 0.6) is 0 Å².